The van der Waals surface area contributed by atoms with Crippen molar-refractivity contribution in [1.29, 1.82) is 0 Å². The number of nitrogens with zero attached hydrogens (tertiary/aromatic N) is 1. The molecule has 3 nitrogen and oxygen atoms in total. The van der Waals surface area contributed by atoms with Crippen molar-refractivity contribution in [2.24, 2.45) is 0 Å². The van der Waals surface area contributed by atoms with Gasteiger partial charge in [0.2, 0.25) is 0 Å². The molecular weight excluding hydrogens is 439 g/mol. The predicted octanol–water partition coefficient (Wildman–Crippen LogP) is 8.01. The van der Waals surface area contributed by atoms with Gasteiger partial charge in [0, 0.05) is 12.0 Å². The summed E-state index contributed by atoms with van der Waals surface area (Å²) in [6.07, 6.45) is 6.95. The van der Waals surface area contributed by atoms with E-state index in [1.54, 1.807) is 18.2 Å². The van der Waals surface area contributed by atoms with Crippen molar-refractivity contribution in [2.75, 3.05) is 0 Å². The van der Waals surface area contributed by atoms with E-state index in [0.29, 0.717) is 39.3 Å². The first kappa shape index (κ1) is 21.2. The van der Waals surface area contributed by atoms with Gasteiger partial charge in [0.25, 0.3) is 0 Å². The highest BCUT2D eigenvalue weighted by atomic mass is 35.5. The van der Waals surface area contributed by atoms with Gasteiger partial charge in [0.15, 0.2) is 5.78 Å². The van der Waals surface area contributed by atoms with Crippen LogP contribution in [-0.4, -0.2) is 15.8 Å². The smallest absolute Gasteiger partial charge is 0.167 e. The molecule has 0 unspecified atom stereocenters. The first-order valence-corrected chi connectivity index (χ1v) is 11.9. The second-order valence-electron chi connectivity index (χ2n) is 8.59. The van der Waals surface area contributed by atoms with Gasteiger partial charge in [-0.15, -0.1) is 0 Å². The van der Waals surface area contributed by atoms with Gasteiger partial charge in [0.05, 0.1) is 26.6 Å². The zero-order valence-corrected chi connectivity index (χ0v) is 19.2. The third-order valence-corrected chi connectivity index (χ3v) is 7.05. The van der Waals surface area contributed by atoms with E-state index < -0.39 is 0 Å². The Bertz CT molecular complexity index is 1250. The number of nitrogens with one attached hydrogen (secondary N) is 1. The van der Waals surface area contributed by atoms with E-state index in [1.807, 2.05) is 18.2 Å². The van der Waals surface area contributed by atoms with Crippen LogP contribution in [0.5, 0.6) is 0 Å². The summed E-state index contributed by atoms with van der Waals surface area (Å²) in [7, 11) is 0. The highest BCUT2D eigenvalue weighted by Gasteiger charge is 2.17. The van der Waals surface area contributed by atoms with Crippen molar-refractivity contribution in [3.8, 4) is 11.4 Å². The van der Waals surface area contributed by atoms with E-state index in [2.05, 4.69) is 34.2 Å². The summed E-state index contributed by atoms with van der Waals surface area (Å²) >= 11 is 12.7. The monoisotopic (exact) mass is 462 g/mol. The fraction of sp³-hybridized carbons (Fsp3) is 0.259. The maximum atomic E-state index is 13.0. The molecule has 0 radical (unpaired) electrons. The molecule has 1 aromatic heterocycles. The van der Waals surface area contributed by atoms with E-state index in [0.717, 1.165) is 16.6 Å². The number of aromatic nitrogens is 2. The number of hydrogen-bond acceptors (Lipinski definition) is 2. The second-order valence-corrected chi connectivity index (χ2v) is 9.40. The van der Waals surface area contributed by atoms with Gasteiger partial charge >= 0.3 is 0 Å². The van der Waals surface area contributed by atoms with Crippen LogP contribution < -0.4 is 0 Å². The third-order valence-electron chi connectivity index (χ3n) is 6.42. The number of rotatable bonds is 5. The lowest BCUT2D eigenvalue weighted by Gasteiger charge is -2.22. The van der Waals surface area contributed by atoms with Crippen LogP contribution in [0, 0.1) is 0 Å². The van der Waals surface area contributed by atoms with Crippen molar-refractivity contribution in [2.45, 2.75) is 44.4 Å². The Hall–Kier alpha value is -2.62. The van der Waals surface area contributed by atoms with E-state index in [1.165, 1.54) is 37.7 Å². The number of ketones is 1. The van der Waals surface area contributed by atoms with Crippen LogP contribution >= 0.6 is 23.2 Å². The van der Waals surface area contributed by atoms with E-state index in [4.69, 9.17) is 23.2 Å². The summed E-state index contributed by atoms with van der Waals surface area (Å²) in [6, 6.07) is 19.5. The molecule has 1 aliphatic rings. The Balaban J connectivity index is 1.35. The van der Waals surface area contributed by atoms with Gasteiger partial charge in [-0.3, -0.25) is 4.79 Å². The minimum atomic E-state index is 0.0873. The number of benzene rings is 3. The van der Waals surface area contributed by atoms with Gasteiger partial charge in [-0.2, -0.15) is 0 Å². The van der Waals surface area contributed by atoms with Gasteiger partial charge < -0.3 is 4.98 Å². The van der Waals surface area contributed by atoms with Crippen LogP contribution in [0.2, 0.25) is 10.0 Å². The molecule has 3 aromatic carbocycles. The average Bonchev–Trinajstić information content (AvgIpc) is 3.23. The SMILES string of the molecule is O=C(Cc1ccc(C2CCCCC2)cc1)c1ccc2nc(-c3c(Cl)cccc3Cl)[nH]c2c1. The van der Waals surface area contributed by atoms with E-state index >= 15 is 0 Å². The van der Waals surface area contributed by atoms with Gasteiger partial charge in [0.1, 0.15) is 5.82 Å². The summed E-state index contributed by atoms with van der Waals surface area (Å²) < 4.78 is 0. The third kappa shape index (κ3) is 4.32. The summed E-state index contributed by atoms with van der Waals surface area (Å²) in [5.74, 6) is 1.36. The molecule has 5 rings (SSSR count). The average molecular weight is 463 g/mol. The largest absolute Gasteiger partial charge is 0.338 e. The molecule has 32 heavy (non-hydrogen) atoms. The molecule has 1 aliphatic carbocycles. The maximum absolute atomic E-state index is 13.0. The highest BCUT2D eigenvalue weighted by Crippen LogP contribution is 2.34. The van der Waals surface area contributed by atoms with Gasteiger partial charge in [-0.05, 0) is 60.2 Å². The lowest BCUT2D eigenvalue weighted by molar-refractivity contribution is 0.0993. The molecule has 0 atom stereocenters. The quantitative estimate of drug-likeness (QED) is 0.305. The first-order valence-electron chi connectivity index (χ1n) is 11.1. The number of aromatic amines is 1. The maximum Gasteiger partial charge on any atom is 0.167 e. The number of hydrogen-bond donors (Lipinski definition) is 1. The molecule has 162 valence electrons. The van der Waals surface area contributed by atoms with Crippen LogP contribution in [0.3, 0.4) is 0 Å². The molecule has 0 bridgehead atoms. The Kier molecular flexibility index (Phi) is 6.03. The minimum Gasteiger partial charge on any atom is -0.338 e. The highest BCUT2D eigenvalue weighted by molar-refractivity contribution is 6.39. The molecule has 5 heteroatoms. The number of H-pyrrole nitrogens is 1. The summed E-state index contributed by atoms with van der Waals surface area (Å²) in [4.78, 5) is 20.8. The Morgan fingerprint density at radius 3 is 2.38 bits per heavy atom. The van der Waals surface area contributed by atoms with Gasteiger partial charge in [-0.1, -0.05) is 72.8 Å². The summed E-state index contributed by atoms with van der Waals surface area (Å²) in [6.45, 7) is 0. The second kappa shape index (κ2) is 9.09. The van der Waals surface area contributed by atoms with Crippen molar-refractivity contribution >= 4 is 40.0 Å². The zero-order valence-electron chi connectivity index (χ0n) is 17.7. The first-order chi connectivity index (χ1) is 15.6. The molecule has 1 saturated carbocycles. The number of fused-ring (bicyclic) bond motifs is 1. The number of halogens is 2. The lowest BCUT2D eigenvalue weighted by atomic mass is 9.84. The zero-order chi connectivity index (χ0) is 22.1. The molecule has 1 N–H and O–H groups in total. The van der Waals surface area contributed by atoms with Gasteiger partial charge in [-0.25, -0.2) is 4.98 Å². The number of carbonyl (C=O) groups is 1. The predicted molar refractivity (Wildman–Crippen MR) is 132 cm³/mol. The Morgan fingerprint density at radius 2 is 1.66 bits per heavy atom. The molecule has 1 heterocycles. The fourth-order valence-electron chi connectivity index (χ4n) is 4.66. The van der Waals surface area contributed by atoms with Crippen LogP contribution in [-0.2, 0) is 6.42 Å². The Morgan fingerprint density at radius 1 is 0.938 bits per heavy atom. The fourth-order valence-corrected chi connectivity index (χ4v) is 5.23. The minimum absolute atomic E-state index is 0.0873. The van der Waals surface area contributed by atoms with Crippen LogP contribution in [0.1, 0.15) is 59.5 Å². The van der Waals surface area contributed by atoms with Crippen molar-refractivity contribution in [3.63, 3.8) is 0 Å². The number of Topliss-reactive ketones (excluding diaryl/α,β-unsaturated/α-hetero) is 1. The van der Waals surface area contributed by atoms with Crippen LogP contribution in [0.15, 0.2) is 60.7 Å². The normalized spacial score (nSPS) is 14.7. The van der Waals surface area contributed by atoms with E-state index in [-0.39, 0.29) is 5.78 Å². The van der Waals surface area contributed by atoms with Crippen molar-refractivity contribution in [1.82, 2.24) is 9.97 Å². The Labute approximate surface area is 197 Å². The van der Waals surface area contributed by atoms with Crippen LogP contribution in [0.25, 0.3) is 22.4 Å². The molecule has 1 fully saturated rings. The molecule has 0 spiro atoms. The van der Waals surface area contributed by atoms with Crippen LogP contribution in [0.4, 0.5) is 0 Å². The van der Waals surface area contributed by atoms with Crippen molar-refractivity contribution in [3.05, 3.63) is 87.4 Å². The number of carbonyl (C=O) groups excluding carboxylic acids is 1. The standard InChI is InChI=1S/C27H24Cl2N2O/c28-21-7-4-8-22(29)26(21)27-30-23-14-13-20(16-24(23)31-27)25(32)15-17-9-11-19(12-10-17)18-5-2-1-3-6-18/h4,7-14,16,18H,1-3,5-6,15H2,(H,30,31). The summed E-state index contributed by atoms with van der Waals surface area (Å²) in [5.41, 5.74) is 5.33. The topological polar surface area (TPSA) is 45.8 Å². The lowest BCUT2D eigenvalue weighted by Crippen LogP contribution is -2.06. The molecule has 0 saturated heterocycles. The summed E-state index contributed by atoms with van der Waals surface area (Å²) in [5, 5.41) is 1.06. The molecule has 0 aliphatic heterocycles. The molecule has 4 aromatic rings. The van der Waals surface area contributed by atoms with E-state index in [9.17, 15) is 4.79 Å². The molecular formula is C27H24Cl2N2O. The number of imidazole rings is 1. The van der Waals surface area contributed by atoms with Crippen molar-refractivity contribution < 1.29 is 4.79 Å². The molecule has 0 amide bonds.